The fraction of sp³-hybridized carbons (Fsp3) is 0.587. The molecular formula is C46H73N6O17P3. The number of hydrogen-bond donors (Lipinski definition) is 5. The Morgan fingerprint density at radius 2 is 1.24 bits per heavy atom. The first-order chi connectivity index (χ1) is 33.7. The van der Waals surface area contributed by atoms with Crippen molar-refractivity contribution < 1.29 is 74.2 Å². The van der Waals surface area contributed by atoms with Gasteiger partial charge < -0.3 is 46.0 Å². The van der Waals surface area contributed by atoms with Crippen LogP contribution in [0.15, 0.2) is 66.0 Å². The molecule has 0 bridgehead atoms. The number of carbonyl (C=O) groups is 2. The van der Waals surface area contributed by atoms with Crippen molar-refractivity contribution >= 4 is 46.8 Å². The van der Waals surface area contributed by atoms with Crippen LogP contribution in [0.1, 0.15) is 153 Å². The van der Waals surface area contributed by atoms with Crippen molar-refractivity contribution in [3.8, 4) is 11.5 Å². The molecule has 3 unspecified atom stereocenters. The van der Waals surface area contributed by atoms with Gasteiger partial charge in [-0.1, -0.05) is 128 Å². The number of carbonyl (C=O) groups excluding carboxylic acids is 2. The van der Waals surface area contributed by atoms with E-state index in [9.17, 15) is 37.9 Å². The Balaban J connectivity index is 0.00000684. The summed E-state index contributed by atoms with van der Waals surface area (Å²) in [5.74, 6) is -0.0460. The highest BCUT2D eigenvalue weighted by molar-refractivity contribution is 7.67. The molecule has 4 aromatic rings. The summed E-state index contributed by atoms with van der Waals surface area (Å²) in [5.41, 5.74) is 0.553. The van der Waals surface area contributed by atoms with Gasteiger partial charge in [-0.2, -0.15) is 8.62 Å². The third kappa shape index (κ3) is 22.5. The molecule has 0 saturated carbocycles. The second-order valence-electron chi connectivity index (χ2n) is 16.9. The zero-order valence-electron chi connectivity index (χ0n) is 41.3. The Bertz CT molecular complexity index is 2420. The molecule has 1 aliphatic rings. The van der Waals surface area contributed by atoms with Crippen molar-refractivity contribution in [2.75, 3.05) is 13.2 Å². The molecule has 0 spiro atoms. The average molecular weight is 1080 g/mol. The average Bonchev–Trinajstić information content (AvgIpc) is 3.99. The van der Waals surface area contributed by atoms with Crippen LogP contribution in [0.4, 0.5) is 4.79 Å². The van der Waals surface area contributed by atoms with Crippen LogP contribution < -0.4 is 27.3 Å². The topological polar surface area (TPSA) is 342 Å². The lowest BCUT2D eigenvalue weighted by atomic mass is 10.0. The number of ether oxygens (including phenoxy) is 4. The maximum Gasteiger partial charge on any atom is 0.513 e. The smallest absolute Gasteiger partial charge is 0.434 e. The fourth-order valence-electron chi connectivity index (χ4n) is 7.34. The number of esters is 1. The Hall–Kier alpha value is -4.18. The first kappa shape index (κ1) is 62.1. The van der Waals surface area contributed by atoms with E-state index in [-0.39, 0.29) is 48.0 Å². The van der Waals surface area contributed by atoms with Gasteiger partial charge in [0.15, 0.2) is 11.2 Å². The largest absolute Gasteiger partial charge is 0.513 e. The van der Waals surface area contributed by atoms with E-state index in [0.29, 0.717) is 36.8 Å². The molecule has 5 rings (SSSR count). The van der Waals surface area contributed by atoms with E-state index in [0.717, 1.165) is 25.7 Å². The van der Waals surface area contributed by atoms with Gasteiger partial charge >= 0.3 is 35.6 Å². The standard InChI is InChI=1S/C46H67N4O17P3.2H3N/c1-3-5-7-8-9-10-11-12-13-14-15-16-17-18-30-59-46(53)65-39-26-22-37(23-27-39)32-62-70(58,61-31-36-20-24-38(25-21-36)64-42(51)19-6-4-2)67-69(56,57)66-68(54,55)60-33-40-28-29-41(63-40)50-35-49-43-44(50)47-34-48-45(43)52;;/h20-27,34-35,40-41H,3-19,28-33H2,1-2H3,(H,54,55)(H,56,57)(H,47,48,52);2*1H3/t40-,41+,70?;;/m0../s1. The minimum atomic E-state index is -5.78. The van der Waals surface area contributed by atoms with Crippen molar-refractivity contribution in [3.05, 3.63) is 82.7 Å². The number of aromatic amines is 1. The zero-order valence-corrected chi connectivity index (χ0v) is 44.0. The summed E-state index contributed by atoms with van der Waals surface area (Å²) in [4.78, 5) is 68.1. The number of rotatable bonds is 34. The lowest BCUT2D eigenvalue weighted by Gasteiger charge is -2.22. The van der Waals surface area contributed by atoms with Crippen LogP contribution in [0, 0.1) is 0 Å². The molecule has 0 aliphatic carbocycles. The van der Waals surface area contributed by atoms with Crippen molar-refractivity contribution in [2.24, 2.45) is 0 Å². The number of aromatic nitrogens is 4. The number of unbranched alkanes of at least 4 members (excludes halogenated alkanes) is 14. The number of fused-ring (bicyclic) bond motifs is 1. The Morgan fingerprint density at radius 1 is 0.694 bits per heavy atom. The molecule has 23 nitrogen and oxygen atoms in total. The lowest BCUT2D eigenvalue weighted by molar-refractivity contribution is -0.134. The van der Waals surface area contributed by atoms with Crippen molar-refractivity contribution in [1.29, 1.82) is 0 Å². The van der Waals surface area contributed by atoms with Crippen molar-refractivity contribution in [3.63, 3.8) is 0 Å². The third-order valence-corrected chi connectivity index (χ3v) is 15.7. The van der Waals surface area contributed by atoms with Crippen molar-refractivity contribution in [1.82, 2.24) is 31.8 Å². The molecular weight excluding hydrogens is 1000 g/mol. The lowest BCUT2D eigenvalue weighted by Crippen LogP contribution is -2.16. The summed E-state index contributed by atoms with van der Waals surface area (Å²) in [7, 11) is -16.4. The van der Waals surface area contributed by atoms with Crippen LogP contribution in [0.3, 0.4) is 0 Å². The molecule has 3 heterocycles. The van der Waals surface area contributed by atoms with Gasteiger partial charge in [0.1, 0.15) is 17.7 Å². The van der Waals surface area contributed by atoms with Gasteiger partial charge in [0.2, 0.25) is 0 Å². The Kier molecular flexibility index (Phi) is 27.8. The Labute approximate surface area is 420 Å². The molecule has 2 aromatic heterocycles. The van der Waals surface area contributed by atoms with E-state index in [1.54, 1.807) is 0 Å². The summed E-state index contributed by atoms with van der Waals surface area (Å²) >= 11 is 0. The van der Waals surface area contributed by atoms with E-state index >= 15 is 0 Å². The van der Waals surface area contributed by atoms with E-state index in [1.807, 2.05) is 6.92 Å². The van der Waals surface area contributed by atoms with Gasteiger partial charge in [-0.15, -0.1) is 0 Å². The molecule has 1 saturated heterocycles. The predicted octanol–water partition coefficient (Wildman–Crippen LogP) is 12.0. The maximum absolute atomic E-state index is 14.0. The van der Waals surface area contributed by atoms with E-state index in [4.69, 9.17) is 36.8 Å². The van der Waals surface area contributed by atoms with Crippen LogP contribution in [0.25, 0.3) is 11.2 Å². The molecule has 26 heteroatoms. The van der Waals surface area contributed by atoms with Gasteiger partial charge in [0, 0.05) is 6.42 Å². The van der Waals surface area contributed by atoms with Gasteiger partial charge in [-0.25, -0.2) is 28.5 Å². The molecule has 5 atom stereocenters. The van der Waals surface area contributed by atoms with Gasteiger partial charge in [0.25, 0.3) is 5.56 Å². The molecule has 0 radical (unpaired) electrons. The number of H-pyrrole nitrogens is 1. The molecule has 1 aliphatic heterocycles. The van der Waals surface area contributed by atoms with Crippen LogP contribution in [-0.2, 0) is 63.4 Å². The van der Waals surface area contributed by atoms with Crippen LogP contribution in [0.2, 0.25) is 0 Å². The quantitative estimate of drug-likeness (QED) is 0.00953. The number of nitrogens with zero attached hydrogens (tertiary/aromatic N) is 3. The van der Waals surface area contributed by atoms with Gasteiger partial charge in [-0.05, 0) is 61.1 Å². The normalized spacial score (nSPS) is 16.9. The number of imidazole rings is 1. The van der Waals surface area contributed by atoms with E-state index < -0.39 is 73.3 Å². The van der Waals surface area contributed by atoms with Crippen molar-refractivity contribution in [2.45, 2.75) is 161 Å². The zero-order chi connectivity index (χ0) is 50.2. The highest BCUT2D eigenvalue weighted by Crippen LogP contribution is 2.69. The van der Waals surface area contributed by atoms with Gasteiger partial charge in [0.05, 0.1) is 45.2 Å². The van der Waals surface area contributed by atoms with Crippen LogP contribution >= 0.6 is 23.5 Å². The summed E-state index contributed by atoms with van der Waals surface area (Å²) in [5, 5.41) is 0. The molecule has 9 N–H and O–H groups in total. The summed E-state index contributed by atoms with van der Waals surface area (Å²) in [6, 6.07) is 11.6. The number of phosphoric acid groups is 3. The number of benzene rings is 2. The highest BCUT2D eigenvalue weighted by atomic mass is 31.3. The minimum Gasteiger partial charge on any atom is -0.434 e. The maximum atomic E-state index is 14.0. The molecule has 2 aromatic carbocycles. The molecule has 404 valence electrons. The molecule has 72 heavy (non-hydrogen) atoms. The predicted molar refractivity (Wildman–Crippen MR) is 267 cm³/mol. The second kappa shape index (κ2) is 32.2. The molecule has 0 amide bonds. The van der Waals surface area contributed by atoms with E-state index in [1.165, 1.54) is 130 Å². The molecule has 1 fully saturated rings. The van der Waals surface area contributed by atoms with Crippen LogP contribution in [-0.4, -0.2) is 60.7 Å². The third-order valence-electron chi connectivity index (χ3n) is 11.1. The second-order valence-corrected chi connectivity index (χ2v) is 21.7. The highest BCUT2D eigenvalue weighted by Gasteiger charge is 2.44. The minimum absolute atomic E-state index is 0. The SMILES string of the molecule is CCCCCCCCCCCCCCCCOC(=O)Oc1ccc(COP(=O)(OCc2ccc(OC(=O)CCCC)cc2)OP(=O)(O)OP(=O)(O)OC[C@@H]2CC[C@H](n3cnc4c(=O)[nH]cnc43)O2)cc1.N.N. The van der Waals surface area contributed by atoms with Crippen LogP contribution in [0.5, 0.6) is 11.5 Å². The Morgan fingerprint density at radius 3 is 1.81 bits per heavy atom. The fourth-order valence-corrected chi connectivity index (χ4v) is 11.4. The van der Waals surface area contributed by atoms with Gasteiger partial charge in [-0.3, -0.25) is 27.7 Å². The van der Waals surface area contributed by atoms with E-state index in [2.05, 4.69) is 26.2 Å². The summed E-state index contributed by atoms with van der Waals surface area (Å²) < 4.78 is 88.5. The number of phosphoric ester groups is 2. The first-order valence-corrected chi connectivity index (χ1v) is 28.5. The number of hydrogen-bond acceptors (Lipinski definition) is 19. The summed E-state index contributed by atoms with van der Waals surface area (Å²) in [6.45, 7) is 2.71. The summed E-state index contributed by atoms with van der Waals surface area (Å²) in [6.07, 6.45) is 19.5. The monoisotopic (exact) mass is 1070 g/mol. The number of nitrogens with one attached hydrogen (secondary N) is 1. The first-order valence-electron chi connectivity index (χ1n) is 24.1.